The number of esters is 1. The third-order valence-corrected chi connectivity index (χ3v) is 6.62. The maximum atomic E-state index is 12.8. The number of allylic oxidation sites excluding steroid dienone is 1. The lowest BCUT2D eigenvalue weighted by atomic mass is 10.1. The zero-order valence-corrected chi connectivity index (χ0v) is 19.2. The molecular formula is C26H25NO5S. The largest absolute Gasteiger partial charge is 0.494 e. The number of nitriles is 1. The Labute approximate surface area is 194 Å². The molecule has 3 aromatic rings. The maximum absolute atomic E-state index is 12.8. The number of unbranched alkanes of at least 4 members (excludes halogenated alkanes) is 1. The molecule has 0 saturated carbocycles. The average molecular weight is 464 g/mol. The number of carbonyl (C=O) groups is 1. The molecule has 0 saturated heterocycles. The van der Waals surface area contributed by atoms with E-state index in [4.69, 9.17) is 9.47 Å². The van der Waals surface area contributed by atoms with Crippen molar-refractivity contribution in [3.05, 3.63) is 77.2 Å². The summed E-state index contributed by atoms with van der Waals surface area (Å²) >= 11 is 0. The van der Waals surface area contributed by atoms with Gasteiger partial charge in [0, 0.05) is 6.42 Å². The number of carbonyl (C=O) groups excluding carboxylic acids is 1. The van der Waals surface area contributed by atoms with E-state index in [2.05, 4.69) is 0 Å². The Hall–Kier alpha value is -3.63. The highest BCUT2D eigenvalue weighted by Gasteiger charge is 2.20. The Morgan fingerprint density at radius 3 is 2.45 bits per heavy atom. The second kappa shape index (κ2) is 11.3. The first-order chi connectivity index (χ1) is 15.9. The molecule has 0 N–H and O–H groups in total. The van der Waals surface area contributed by atoms with Crippen molar-refractivity contribution in [3.8, 4) is 11.8 Å². The number of ether oxygens (including phenoxy) is 2. The van der Waals surface area contributed by atoms with Crippen molar-refractivity contribution in [3.63, 3.8) is 0 Å². The molecule has 3 rings (SSSR count). The zero-order chi connectivity index (χ0) is 23.7. The minimum absolute atomic E-state index is 0.0858. The van der Waals surface area contributed by atoms with Gasteiger partial charge in [0.2, 0.25) is 9.84 Å². The number of fused-ring (bicyclic) bond motifs is 1. The van der Waals surface area contributed by atoms with E-state index < -0.39 is 9.84 Å². The highest BCUT2D eigenvalue weighted by Crippen LogP contribution is 2.25. The molecule has 0 heterocycles. The number of nitrogens with zero attached hydrogens (tertiary/aromatic N) is 1. The first-order valence-electron chi connectivity index (χ1n) is 10.7. The smallest absolute Gasteiger partial charge is 0.305 e. The average Bonchev–Trinajstić information content (AvgIpc) is 2.82. The van der Waals surface area contributed by atoms with Gasteiger partial charge >= 0.3 is 5.97 Å². The van der Waals surface area contributed by atoms with Crippen molar-refractivity contribution in [2.24, 2.45) is 0 Å². The van der Waals surface area contributed by atoms with Crippen LogP contribution in [0.25, 0.3) is 16.8 Å². The quantitative estimate of drug-likeness (QED) is 0.230. The Morgan fingerprint density at radius 2 is 1.73 bits per heavy atom. The van der Waals surface area contributed by atoms with Gasteiger partial charge in [-0.2, -0.15) is 5.26 Å². The van der Waals surface area contributed by atoms with Crippen molar-refractivity contribution in [1.82, 2.24) is 0 Å². The van der Waals surface area contributed by atoms with Crippen LogP contribution in [0.2, 0.25) is 0 Å². The molecule has 7 heteroatoms. The van der Waals surface area contributed by atoms with Crippen LogP contribution < -0.4 is 4.74 Å². The molecule has 0 atom stereocenters. The van der Waals surface area contributed by atoms with Crippen LogP contribution in [0.3, 0.4) is 0 Å². The molecule has 6 nitrogen and oxygen atoms in total. The number of benzene rings is 3. The van der Waals surface area contributed by atoms with Gasteiger partial charge < -0.3 is 9.47 Å². The van der Waals surface area contributed by atoms with E-state index in [1.165, 1.54) is 18.2 Å². The summed E-state index contributed by atoms with van der Waals surface area (Å²) in [6.07, 6.45) is 3.22. The number of hydrogen-bond acceptors (Lipinski definition) is 6. The van der Waals surface area contributed by atoms with Crippen LogP contribution in [0.15, 0.2) is 76.5 Å². The van der Waals surface area contributed by atoms with Gasteiger partial charge in [0.15, 0.2) is 0 Å². The van der Waals surface area contributed by atoms with Crippen LogP contribution in [0.1, 0.15) is 31.7 Å². The molecule has 0 aliphatic rings. The van der Waals surface area contributed by atoms with E-state index >= 15 is 0 Å². The lowest BCUT2D eigenvalue weighted by Crippen LogP contribution is -2.05. The first-order valence-corrected chi connectivity index (χ1v) is 12.2. The predicted molar refractivity (Wildman–Crippen MR) is 127 cm³/mol. The number of rotatable bonds is 10. The van der Waals surface area contributed by atoms with Gasteiger partial charge in [-0.3, -0.25) is 4.79 Å². The lowest BCUT2D eigenvalue weighted by Gasteiger charge is -2.08. The summed E-state index contributed by atoms with van der Waals surface area (Å²) in [5, 5.41) is 11.3. The third-order valence-electron chi connectivity index (χ3n) is 4.94. The first kappa shape index (κ1) is 24.0. The van der Waals surface area contributed by atoms with E-state index in [0.717, 1.165) is 17.2 Å². The number of hydrogen-bond donors (Lipinski definition) is 0. The normalized spacial score (nSPS) is 11.7. The van der Waals surface area contributed by atoms with Crippen molar-refractivity contribution in [1.29, 1.82) is 5.26 Å². The highest BCUT2D eigenvalue weighted by molar-refractivity contribution is 7.95. The van der Waals surface area contributed by atoms with E-state index in [1.54, 1.807) is 31.2 Å². The SMILES string of the molecule is CCOC(=O)CCCCOc1ccc2cc(C=C(C#N)S(=O)(=O)c3ccccc3)ccc2c1. The maximum Gasteiger partial charge on any atom is 0.305 e. The summed E-state index contributed by atoms with van der Waals surface area (Å²) in [4.78, 5) is 11.1. The molecule has 0 aliphatic heterocycles. The molecule has 0 aliphatic carbocycles. The van der Waals surface area contributed by atoms with Crippen LogP contribution >= 0.6 is 0 Å². The van der Waals surface area contributed by atoms with Crippen molar-refractivity contribution < 1.29 is 22.7 Å². The van der Waals surface area contributed by atoms with E-state index in [0.29, 0.717) is 37.4 Å². The van der Waals surface area contributed by atoms with Crippen LogP contribution in [0.5, 0.6) is 5.75 Å². The second-order valence-electron chi connectivity index (χ2n) is 7.32. The fourth-order valence-electron chi connectivity index (χ4n) is 3.26. The summed E-state index contributed by atoms with van der Waals surface area (Å²) < 4.78 is 36.2. The van der Waals surface area contributed by atoms with Gasteiger partial charge in [0.05, 0.1) is 18.1 Å². The summed E-state index contributed by atoms with van der Waals surface area (Å²) in [7, 11) is -3.88. The summed E-state index contributed by atoms with van der Waals surface area (Å²) in [5.41, 5.74) is 0.617. The second-order valence-corrected chi connectivity index (χ2v) is 9.23. The summed E-state index contributed by atoms with van der Waals surface area (Å²) in [5.74, 6) is 0.524. The Balaban J connectivity index is 1.69. The van der Waals surface area contributed by atoms with Crippen LogP contribution in [-0.2, 0) is 19.4 Å². The molecular weight excluding hydrogens is 438 g/mol. The van der Waals surface area contributed by atoms with Crippen LogP contribution in [0, 0.1) is 11.3 Å². The van der Waals surface area contributed by atoms with Crippen LogP contribution in [-0.4, -0.2) is 27.6 Å². The van der Waals surface area contributed by atoms with Gasteiger partial charge in [-0.05, 0) is 72.5 Å². The van der Waals surface area contributed by atoms with Gasteiger partial charge in [-0.1, -0.05) is 36.4 Å². The third kappa shape index (κ3) is 6.43. The van der Waals surface area contributed by atoms with Crippen molar-refractivity contribution >= 4 is 32.7 Å². The molecule has 0 unspecified atom stereocenters. The van der Waals surface area contributed by atoms with Gasteiger partial charge in [-0.25, -0.2) is 8.42 Å². The molecule has 0 spiro atoms. The Bertz CT molecular complexity index is 1290. The molecule has 0 aromatic heterocycles. The summed E-state index contributed by atoms with van der Waals surface area (Å²) in [6.45, 7) is 2.67. The summed E-state index contributed by atoms with van der Waals surface area (Å²) in [6, 6.07) is 20.8. The topological polar surface area (TPSA) is 93.5 Å². The van der Waals surface area contributed by atoms with E-state index in [1.807, 2.05) is 36.4 Å². The fourth-order valence-corrected chi connectivity index (χ4v) is 4.45. The van der Waals surface area contributed by atoms with Gasteiger partial charge in [0.25, 0.3) is 0 Å². The standard InChI is InChI=1S/C26H25NO5S/c1-2-31-26(28)10-6-7-15-32-23-14-13-21-16-20(11-12-22(21)18-23)17-25(19-27)33(29,30)24-8-4-3-5-9-24/h3-5,8-9,11-14,16-18H,2,6-7,10,15H2,1H3. The molecule has 33 heavy (non-hydrogen) atoms. The number of sulfone groups is 1. The predicted octanol–water partition coefficient (Wildman–Crippen LogP) is 5.29. The van der Waals surface area contributed by atoms with Crippen LogP contribution in [0.4, 0.5) is 0 Å². The Morgan fingerprint density at radius 1 is 1.00 bits per heavy atom. The molecule has 170 valence electrons. The fraction of sp³-hybridized carbons (Fsp3) is 0.231. The monoisotopic (exact) mass is 463 g/mol. The van der Waals surface area contributed by atoms with Crippen molar-refractivity contribution in [2.45, 2.75) is 31.1 Å². The molecule has 0 amide bonds. The molecule has 0 bridgehead atoms. The van der Waals surface area contributed by atoms with Gasteiger partial charge in [0.1, 0.15) is 16.7 Å². The molecule has 3 aromatic carbocycles. The zero-order valence-electron chi connectivity index (χ0n) is 18.4. The van der Waals surface area contributed by atoms with E-state index in [-0.39, 0.29) is 15.8 Å². The lowest BCUT2D eigenvalue weighted by molar-refractivity contribution is -0.143. The molecule has 0 fully saturated rings. The van der Waals surface area contributed by atoms with Crippen molar-refractivity contribution in [2.75, 3.05) is 13.2 Å². The van der Waals surface area contributed by atoms with E-state index in [9.17, 15) is 18.5 Å². The molecule has 0 radical (unpaired) electrons. The minimum atomic E-state index is -3.88. The van der Waals surface area contributed by atoms with Gasteiger partial charge in [-0.15, -0.1) is 0 Å². The highest BCUT2D eigenvalue weighted by atomic mass is 32.2. The minimum Gasteiger partial charge on any atom is -0.494 e. The Kier molecular flexibility index (Phi) is 8.22.